The number of anilines is 1. The zero-order valence-corrected chi connectivity index (χ0v) is 19.2. The van der Waals surface area contributed by atoms with Crippen LogP contribution in [0.4, 0.5) is 11.4 Å². The van der Waals surface area contributed by atoms with E-state index in [0.717, 1.165) is 26.5 Å². The summed E-state index contributed by atoms with van der Waals surface area (Å²) in [6.07, 6.45) is 0. The van der Waals surface area contributed by atoms with Gasteiger partial charge in [0.1, 0.15) is 10.6 Å². The Morgan fingerprint density at radius 2 is 1.75 bits per heavy atom. The molecule has 0 radical (unpaired) electrons. The highest BCUT2D eigenvalue weighted by Gasteiger charge is 2.22. The zero-order chi connectivity index (χ0) is 23.4. The maximum absolute atomic E-state index is 12.8. The Bertz CT molecular complexity index is 1310. The highest BCUT2D eigenvalue weighted by Crippen LogP contribution is 2.24. The van der Waals surface area contributed by atoms with Crippen LogP contribution in [-0.4, -0.2) is 30.9 Å². The molecule has 0 atom stereocenters. The zero-order valence-electron chi connectivity index (χ0n) is 17.6. The Kier molecular flexibility index (Phi) is 7.22. The average Bonchev–Trinajstić information content (AvgIpc) is 2.77. The lowest BCUT2D eigenvalue weighted by molar-refractivity contribution is -0.113. The first-order valence-corrected chi connectivity index (χ1v) is 10.9. The van der Waals surface area contributed by atoms with Crippen molar-refractivity contribution in [2.75, 3.05) is 11.1 Å². The summed E-state index contributed by atoms with van der Waals surface area (Å²) in [5.74, 6) is -1.01. The van der Waals surface area contributed by atoms with Gasteiger partial charge in [0, 0.05) is 14.1 Å². The van der Waals surface area contributed by atoms with Gasteiger partial charge in [-0.1, -0.05) is 53.2 Å². The first kappa shape index (κ1) is 23.4. The molecule has 2 aromatic carbocycles. The lowest BCUT2D eigenvalue weighted by Gasteiger charge is -2.13. The second-order valence-electron chi connectivity index (χ2n) is 6.97. The molecule has 0 aliphatic heterocycles. The second kappa shape index (κ2) is 9.88. The predicted molar refractivity (Wildman–Crippen MR) is 129 cm³/mol. The number of aromatic hydroxyl groups is 1. The predicted octanol–water partition coefficient (Wildman–Crippen LogP) is 3.20. The van der Waals surface area contributed by atoms with E-state index < -0.39 is 17.1 Å². The summed E-state index contributed by atoms with van der Waals surface area (Å²) in [7, 11) is 2.66. The molecule has 1 heterocycles. The number of carbonyl (C=O) groups excluding carboxylic acids is 1. The van der Waals surface area contributed by atoms with E-state index in [2.05, 4.69) is 10.3 Å². The summed E-state index contributed by atoms with van der Waals surface area (Å²) in [6.45, 7) is 1.93. The number of rotatable bonds is 5. The third-order valence-electron chi connectivity index (χ3n) is 4.60. The fourth-order valence-corrected chi connectivity index (χ4v) is 3.82. The fraction of sp³-hybridized carbons (Fsp3) is 0.182. The van der Waals surface area contributed by atoms with Crippen molar-refractivity contribution < 1.29 is 9.90 Å². The molecule has 0 saturated heterocycles. The van der Waals surface area contributed by atoms with Gasteiger partial charge in [-0.25, -0.2) is 9.79 Å². The Hall–Kier alpha value is -3.30. The second-order valence-corrected chi connectivity index (χ2v) is 8.34. The van der Waals surface area contributed by atoms with Gasteiger partial charge in [-0.15, -0.1) is 0 Å². The highest BCUT2D eigenvalue weighted by molar-refractivity contribution is 8.15. The number of amides is 1. The van der Waals surface area contributed by atoms with Crippen LogP contribution < -0.4 is 16.6 Å². The molecule has 0 bridgehead atoms. The van der Waals surface area contributed by atoms with E-state index in [-0.39, 0.29) is 22.3 Å². The molecule has 10 heteroatoms. The third kappa shape index (κ3) is 5.12. The lowest BCUT2D eigenvalue weighted by Crippen LogP contribution is -2.39. The van der Waals surface area contributed by atoms with Crippen LogP contribution in [0.5, 0.6) is 5.88 Å². The number of aliphatic imine (C=N–C) groups is 1. The third-order valence-corrected chi connectivity index (χ3v) is 5.91. The van der Waals surface area contributed by atoms with Gasteiger partial charge < -0.3 is 10.4 Å². The van der Waals surface area contributed by atoms with E-state index in [9.17, 15) is 19.5 Å². The summed E-state index contributed by atoms with van der Waals surface area (Å²) in [4.78, 5) is 41.9. The monoisotopic (exact) mass is 472 g/mol. The molecular weight excluding hydrogens is 452 g/mol. The van der Waals surface area contributed by atoms with Crippen molar-refractivity contribution in [3.8, 4) is 5.88 Å². The number of thioether (sulfide) groups is 1. The van der Waals surface area contributed by atoms with Gasteiger partial charge in [0.05, 0.1) is 22.2 Å². The summed E-state index contributed by atoms with van der Waals surface area (Å²) in [5, 5.41) is 13.8. The van der Waals surface area contributed by atoms with Crippen molar-refractivity contribution in [2.24, 2.45) is 19.1 Å². The number of benzene rings is 2. The van der Waals surface area contributed by atoms with Crippen LogP contribution in [0.15, 0.2) is 63.1 Å². The number of hydrogen-bond acceptors (Lipinski definition) is 6. The molecular formula is C22H21ClN4O4S. The molecule has 1 amide bonds. The van der Waals surface area contributed by atoms with Gasteiger partial charge >= 0.3 is 5.69 Å². The Labute approximate surface area is 193 Å². The minimum absolute atomic E-state index is 0.108. The summed E-state index contributed by atoms with van der Waals surface area (Å²) < 4.78 is 1.83. The number of halogens is 1. The number of para-hydroxylation sites is 1. The maximum Gasteiger partial charge on any atom is 0.333 e. The molecule has 1 aromatic heterocycles. The Morgan fingerprint density at radius 3 is 2.41 bits per heavy atom. The number of nitrogens with one attached hydrogen (secondary N) is 1. The molecule has 3 rings (SSSR count). The number of aromatic nitrogens is 2. The minimum atomic E-state index is -0.713. The molecule has 166 valence electrons. The van der Waals surface area contributed by atoms with E-state index in [0.29, 0.717) is 16.4 Å². The first-order valence-electron chi connectivity index (χ1n) is 9.51. The largest absolute Gasteiger partial charge is 0.494 e. The van der Waals surface area contributed by atoms with Gasteiger partial charge in [0.25, 0.3) is 5.56 Å². The molecule has 0 aliphatic carbocycles. The summed E-state index contributed by atoms with van der Waals surface area (Å²) >= 11 is 7.05. The topological polar surface area (TPSA) is 106 Å². The van der Waals surface area contributed by atoms with E-state index in [1.807, 2.05) is 19.1 Å². The normalized spacial score (nSPS) is 11.4. The van der Waals surface area contributed by atoms with E-state index in [4.69, 9.17) is 11.6 Å². The molecule has 0 aliphatic rings. The van der Waals surface area contributed by atoms with Crippen LogP contribution in [0.3, 0.4) is 0 Å². The van der Waals surface area contributed by atoms with Crippen LogP contribution in [0, 0.1) is 6.92 Å². The first-order chi connectivity index (χ1) is 15.2. The maximum atomic E-state index is 12.8. The standard InChI is InChI=1S/C22H21ClN4O4S/c1-13-8-10-14(11-9-13)24-19(18-20(29)26(2)22(31)27(3)21(18)30)32-12-17(28)25-16-7-5-4-6-15(16)23/h4-11,29H,12H2,1-3H3,(H,25,28). The SMILES string of the molecule is Cc1ccc(N=C(SCC(=O)Nc2ccccc2Cl)c2c(O)n(C)c(=O)n(C)c2=O)cc1. The molecule has 2 N–H and O–H groups in total. The number of aryl methyl sites for hydroxylation is 1. The van der Waals surface area contributed by atoms with Gasteiger partial charge in [-0.2, -0.15) is 0 Å². The van der Waals surface area contributed by atoms with Crippen LogP contribution in [0.2, 0.25) is 5.02 Å². The number of carbonyl (C=O) groups is 1. The van der Waals surface area contributed by atoms with Crippen molar-refractivity contribution in [1.29, 1.82) is 0 Å². The molecule has 0 spiro atoms. The van der Waals surface area contributed by atoms with E-state index in [1.54, 1.807) is 36.4 Å². The number of nitrogens with zero attached hydrogens (tertiary/aromatic N) is 3. The Balaban J connectivity index is 1.99. The van der Waals surface area contributed by atoms with Crippen molar-refractivity contribution in [2.45, 2.75) is 6.92 Å². The van der Waals surface area contributed by atoms with Gasteiger partial charge in [-0.05, 0) is 31.2 Å². The van der Waals surface area contributed by atoms with E-state index in [1.165, 1.54) is 14.1 Å². The molecule has 8 nitrogen and oxygen atoms in total. The van der Waals surface area contributed by atoms with Crippen LogP contribution in [0.25, 0.3) is 0 Å². The summed E-state index contributed by atoms with van der Waals surface area (Å²) in [5.41, 5.74) is 0.462. The van der Waals surface area contributed by atoms with Crippen LogP contribution in [0.1, 0.15) is 11.1 Å². The lowest BCUT2D eigenvalue weighted by atomic mass is 10.2. The quantitative estimate of drug-likeness (QED) is 0.438. The minimum Gasteiger partial charge on any atom is -0.494 e. The number of hydrogen-bond donors (Lipinski definition) is 2. The van der Waals surface area contributed by atoms with Crippen molar-refractivity contribution >= 4 is 45.7 Å². The summed E-state index contributed by atoms with van der Waals surface area (Å²) in [6, 6.07) is 14.0. The van der Waals surface area contributed by atoms with Crippen LogP contribution >= 0.6 is 23.4 Å². The van der Waals surface area contributed by atoms with E-state index >= 15 is 0 Å². The van der Waals surface area contributed by atoms with Crippen molar-refractivity contribution in [3.63, 3.8) is 0 Å². The van der Waals surface area contributed by atoms with Gasteiger partial charge in [0.15, 0.2) is 0 Å². The van der Waals surface area contributed by atoms with Gasteiger partial charge in [-0.3, -0.25) is 18.7 Å². The van der Waals surface area contributed by atoms with Crippen molar-refractivity contribution in [1.82, 2.24) is 9.13 Å². The van der Waals surface area contributed by atoms with Crippen LogP contribution in [-0.2, 0) is 18.9 Å². The molecule has 3 aromatic rings. The van der Waals surface area contributed by atoms with Gasteiger partial charge in [0.2, 0.25) is 11.8 Å². The fourth-order valence-electron chi connectivity index (χ4n) is 2.80. The molecule has 0 fully saturated rings. The molecule has 32 heavy (non-hydrogen) atoms. The molecule has 0 unspecified atom stereocenters. The average molecular weight is 473 g/mol. The smallest absolute Gasteiger partial charge is 0.333 e. The van der Waals surface area contributed by atoms with Crippen molar-refractivity contribution in [3.05, 3.63) is 85.5 Å². The molecule has 0 saturated carbocycles. The Morgan fingerprint density at radius 1 is 1.09 bits per heavy atom. The highest BCUT2D eigenvalue weighted by atomic mass is 35.5.